The number of carbonyl (C=O) groups is 1. The topological polar surface area (TPSA) is 41.6 Å². The maximum Gasteiger partial charge on any atom is 0.407 e. The Morgan fingerprint density at radius 1 is 1.08 bits per heavy atom. The van der Waals surface area contributed by atoms with Crippen LogP contribution in [0.2, 0.25) is 0 Å². The second kappa shape index (κ2) is 8.17. The number of alkyl carbamates (subject to hydrolysis) is 1. The van der Waals surface area contributed by atoms with Crippen molar-refractivity contribution in [3.05, 3.63) is 71.8 Å². The van der Waals surface area contributed by atoms with Crippen molar-refractivity contribution in [2.24, 2.45) is 5.41 Å². The summed E-state index contributed by atoms with van der Waals surface area (Å²) in [6.45, 7) is 6.20. The average molecular weight is 338 g/mol. The first-order chi connectivity index (χ1) is 12.1. The molecule has 0 aromatic heterocycles. The molecule has 0 saturated carbocycles. The highest BCUT2D eigenvalue weighted by atomic mass is 16.5. The lowest BCUT2D eigenvalue weighted by Gasteiger charge is -2.25. The molecule has 1 amide bonds. The number of likely N-dealkylation sites (tertiary alicyclic amines) is 1. The second-order valence-corrected chi connectivity index (χ2v) is 7.17. The second-order valence-electron chi connectivity index (χ2n) is 7.17. The number of rotatable bonds is 6. The third kappa shape index (κ3) is 5.33. The van der Waals surface area contributed by atoms with Crippen molar-refractivity contribution in [1.82, 2.24) is 10.2 Å². The maximum absolute atomic E-state index is 11.9. The number of nitrogens with zero attached hydrogens (tertiary/aromatic N) is 1. The highest BCUT2D eigenvalue weighted by Gasteiger charge is 2.34. The molecule has 4 heteroatoms. The number of carbonyl (C=O) groups excluding carboxylic acids is 1. The molecule has 1 fully saturated rings. The SMILES string of the molecule is CC1(CNC(=O)OCc2ccccc2)CCN(Cc2ccccc2)C1. The minimum absolute atomic E-state index is 0.0978. The summed E-state index contributed by atoms with van der Waals surface area (Å²) in [4.78, 5) is 14.4. The molecule has 1 aliphatic heterocycles. The van der Waals surface area contributed by atoms with E-state index in [-0.39, 0.29) is 11.5 Å². The first-order valence-electron chi connectivity index (χ1n) is 8.84. The molecule has 0 aliphatic carbocycles. The summed E-state index contributed by atoms with van der Waals surface area (Å²) in [5.74, 6) is 0. The summed E-state index contributed by atoms with van der Waals surface area (Å²) in [6.07, 6.45) is 0.741. The molecule has 1 N–H and O–H groups in total. The van der Waals surface area contributed by atoms with Gasteiger partial charge in [-0.05, 0) is 29.5 Å². The lowest BCUT2D eigenvalue weighted by Crippen LogP contribution is -2.37. The number of hydrogen-bond donors (Lipinski definition) is 1. The van der Waals surface area contributed by atoms with Gasteiger partial charge in [0.05, 0.1) is 0 Å². The van der Waals surface area contributed by atoms with E-state index in [2.05, 4.69) is 41.4 Å². The van der Waals surface area contributed by atoms with Crippen LogP contribution < -0.4 is 5.32 Å². The number of hydrogen-bond acceptors (Lipinski definition) is 3. The molecule has 2 aromatic carbocycles. The van der Waals surface area contributed by atoms with Crippen molar-refractivity contribution >= 4 is 6.09 Å². The van der Waals surface area contributed by atoms with E-state index in [1.54, 1.807) is 0 Å². The van der Waals surface area contributed by atoms with Crippen molar-refractivity contribution in [3.8, 4) is 0 Å². The average Bonchev–Trinajstić information content (AvgIpc) is 3.01. The highest BCUT2D eigenvalue weighted by Crippen LogP contribution is 2.30. The van der Waals surface area contributed by atoms with Crippen molar-refractivity contribution < 1.29 is 9.53 Å². The Kier molecular flexibility index (Phi) is 5.71. The smallest absolute Gasteiger partial charge is 0.407 e. The van der Waals surface area contributed by atoms with E-state index in [0.717, 1.165) is 31.6 Å². The van der Waals surface area contributed by atoms with Crippen LogP contribution in [0.5, 0.6) is 0 Å². The Balaban J connectivity index is 1.41. The van der Waals surface area contributed by atoms with Gasteiger partial charge in [0.15, 0.2) is 0 Å². The molecule has 1 atom stereocenters. The normalized spacial score (nSPS) is 20.4. The van der Waals surface area contributed by atoms with Gasteiger partial charge in [0, 0.05) is 19.6 Å². The van der Waals surface area contributed by atoms with Crippen LogP contribution in [0.4, 0.5) is 4.79 Å². The minimum Gasteiger partial charge on any atom is -0.445 e. The van der Waals surface area contributed by atoms with E-state index in [4.69, 9.17) is 4.74 Å². The molecule has 3 rings (SSSR count). The van der Waals surface area contributed by atoms with Gasteiger partial charge >= 0.3 is 6.09 Å². The Hall–Kier alpha value is -2.33. The molecule has 1 aliphatic rings. The van der Waals surface area contributed by atoms with Gasteiger partial charge in [-0.25, -0.2) is 4.79 Å². The van der Waals surface area contributed by atoms with Crippen molar-refractivity contribution in [2.45, 2.75) is 26.5 Å². The molecule has 1 unspecified atom stereocenters. The zero-order chi connectivity index (χ0) is 17.5. The number of benzene rings is 2. The fourth-order valence-electron chi connectivity index (χ4n) is 3.31. The van der Waals surface area contributed by atoms with Gasteiger partial charge in [-0.3, -0.25) is 4.90 Å². The molecule has 2 aromatic rings. The maximum atomic E-state index is 11.9. The van der Waals surface area contributed by atoms with Crippen LogP contribution in [0.15, 0.2) is 60.7 Å². The fraction of sp³-hybridized carbons (Fsp3) is 0.381. The molecule has 0 spiro atoms. The summed E-state index contributed by atoms with van der Waals surface area (Å²) >= 11 is 0. The van der Waals surface area contributed by atoms with E-state index in [0.29, 0.717) is 13.2 Å². The quantitative estimate of drug-likeness (QED) is 0.870. The van der Waals surface area contributed by atoms with Crippen LogP contribution in [0, 0.1) is 5.41 Å². The third-order valence-electron chi connectivity index (χ3n) is 4.76. The Morgan fingerprint density at radius 3 is 2.40 bits per heavy atom. The summed E-state index contributed by atoms with van der Waals surface area (Å²) in [5, 5.41) is 2.93. The predicted octanol–water partition coefficient (Wildman–Crippen LogP) is 3.83. The van der Waals surface area contributed by atoms with E-state index in [1.165, 1.54) is 5.56 Å². The Morgan fingerprint density at radius 2 is 1.72 bits per heavy atom. The molecular weight excluding hydrogens is 312 g/mol. The molecule has 25 heavy (non-hydrogen) atoms. The highest BCUT2D eigenvalue weighted by molar-refractivity contribution is 5.67. The standard InChI is InChI=1S/C21H26N2O2/c1-21(12-13-23(17-21)14-18-8-4-2-5-9-18)16-22-20(24)25-15-19-10-6-3-7-11-19/h2-11H,12-17H2,1H3,(H,22,24). The monoisotopic (exact) mass is 338 g/mol. The van der Waals surface area contributed by atoms with Gasteiger partial charge in [0.2, 0.25) is 0 Å². The molecule has 132 valence electrons. The molecule has 4 nitrogen and oxygen atoms in total. The number of amides is 1. The molecule has 1 saturated heterocycles. The van der Waals surface area contributed by atoms with Gasteiger partial charge in [0.25, 0.3) is 0 Å². The summed E-state index contributed by atoms with van der Waals surface area (Å²) in [7, 11) is 0. The van der Waals surface area contributed by atoms with Crippen molar-refractivity contribution in [3.63, 3.8) is 0 Å². The summed E-state index contributed by atoms with van der Waals surface area (Å²) < 4.78 is 5.29. The van der Waals surface area contributed by atoms with Crippen LogP contribution in [-0.4, -0.2) is 30.6 Å². The first-order valence-corrected chi connectivity index (χ1v) is 8.84. The van der Waals surface area contributed by atoms with Crippen LogP contribution in [0.25, 0.3) is 0 Å². The van der Waals surface area contributed by atoms with E-state index in [9.17, 15) is 4.79 Å². The fourth-order valence-corrected chi connectivity index (χ4v) is 3.31. The Bertz CT molecular complexity index is 675. The van der Waals surface area contributed by atoms with Crippen LogP contribution in [0.1, 0.15) is 24.5 Å². The van der Waals surface area contributed by atoms with Gasteiger partial charge in [-0.15, -0.1) is 0 Å². The lowest BCUT2D eigenvalue weighted by molar-refractivity contribution is 0.134. The molecule has 0 bridgehead atoms. The summed E-state index contributed by atoms with van der Waals surface area (Å²) in [6, 6.07) is 20.3. The van der Waals surface area contributed by atoms with Gasteiger partial charge in [0.1, 0.15) is 6.61 Å². The van der Waals surface area contributed by atoms with Crippen LogP contribution in [-0.2, 0) is 17.9 Å². The number of ether oxygens (including phenoxy) is 1. The predicted molar refractivity (Wildman–Crippen MR) is 99.1 cm³/mol. The zero-order valence-corrected chi connectivity index (χ0v) is 14.8. The van der Waals surface area contributed by atoms with Gasteiger partial charge in [-0.2, -0.15) is 0 Å². The van der Waals surface area contributed by atoms with Gasteiger partial charge in [-0.1, -0.05) is 67.6 Å². The molecule has 1 heterocycles. The Labute approximate surface area is 149 Å². The summed E-state index contributed by atoms with van der Waals surface area (Å²) in [5.41, 5.74) is 2.43. The zero-order valence-electron chi connectivity index (χ0n) is 14.8. The molecule has 0 radical (unpaired) electrons. The van der Waals surface area contributed by atoms with Crippen LogP contribution >= 0.6 is 0 Å². The molecular formula is C21H26N2O2. The number of nitrogens with one attached hydrogen (secondary N) is 1. The largest absolute Gasteiger partial charge is 0.445 e. The van der Waals surface area contributed by atoms with Gasteiger partial charge < -0.3 is 10.1 Å². The first kappa shape index (κ1) is 17.5. The van der Waals surface area contributed by atoms with Crippen LogP contribution in [0.3, 0.4) is 0 Å². The van der Waals surface area contributed by atoms with E-state index >= 15 is 0 Å². The minimum atomic E-state index is -0.341. The van der Waals surface area contributed by atoms with Crippen molar-refractivity contribution in [2.75, 3.05) is 19.6 Å². The van der Waals surface area contributed by atoms with E-state index in [1.807, 2.05) is 36.4 Å². The van der Waals surface area contributed by atoms with E-state index < -0.39 is 0 Å². The lowest BCUT2D eigenvalue weighted by atomic mass is 9.90. The van der Waals surface area contributed by atoms with Crippen molar-refractivity contribution in [1.29, 1.82) is 0 Å². The third-order valence-corrected chi connectivity index (χ3v) is 4.76.